The van der Waals surface area contributed by atoms with Crippen LogP contribution in [0.4, 0.5) is 0 Å². The third-order valence-electron chi connectivity index (χ3n) is 5.09. The van der Waals surface area contributed by atoms with Crippen LogP contribution < -0.4 is 10.6 Å². The van der Waals surface area contributed by atoms with Gasteiger partial charge in [0.25, 0.3) is 0 Å². The van der Waals surface area contributed by atoms with E-state index < -0.39 is 0 Å². The fourth-order valence-corrected chi connectivity index (χ4v) is 3.37. The number of aliphatic hydroxyl groups excluding tert-OH is 1. The van der Waals surface area contributed by atoms with Crippen molar-refractivity contribution in [3.05, 3.63) is 35.9 Å². The van der Waals surface area contributed by atoms with E-state index in [1.807, 2.05) is 0 Å². The molecule has 0 amide bonds. The van der Waals surface area contributed by atoms with Gasteiger partial charge in [-0.15, -0.1) is 24.0 Å². The largest absolute Gasteiger partial charge is 0.396 e. The van der Waals surface area contributed by atoms with Gasteiger partial charge in [-0.1, -0.05) is 43.7 Å². The number of hydrogen-bond donors (Lipinski definition) is 3. The maximum Gasteiger partial charge on any atom is 0.191 e. The minimum Gasteiger partial charge on any atom is -0.396 e. The molecule has 0 saturated heterocycles. The smallest absolute Gasteiger partial charge is 0.191 e. The van der Waals surface area contributed by atoms with Crippen LogP contribution in [0.1, 0.15) is 51.5 Å². The van der Waals surface area contributed by atoms with Crippen molar-refractivity contribution < 1.29 is 5.11 Å². The highest BCUT2D eigenvalue weighted by Gasteiger charge is 2.42. The predicted molar refractivity (Wildman–Crippen MR) is 121 cm³/mol. The van der Waals surface area contributed by atoms with E-state index in [1.54, 1.807) is 0 Å². The first kappa shape index (κ1) is 23.2. The lowest BCUT2D eigenvalue weighted by molar-refractivity contribution is 0.251. The highest BCUT2D eigenvalue weighted by molar-refractivity contribution is 14.0. The number of nitrogens with zero attached hydrogens (tertiary/aromatic N) is 1. The lowest BCUT2D eigenvalue weighted by Crippen LogP contribution is -2.40. The Bertz CT molecular complexity index is 511. The monoisotopic (exact) mass is 473 g/mol. The van der Waals surface area contributed by atoms with E-state index in [4.69, 9.17) is 4.99 Å². The molecule has 148 valence electrons. The number of rotatable bonds is 11. The Morgan fingerprint density at radius 1 is 1.15 bits per heavy atom. The van der Waals surface area contributed by atoms with Crippen molar-refractivity contribution >= 4 is 29.9 Å². The SMILES string of the molecule is CCCC(CCO)CNC(=NCC1(Cc2ccccc2)CC1)NCC.I. The first-order valence-corrected chi connectivity index (χ1v) is 9.88. The number of nitrogens with one attached hydrogen (secondary N) is 2. The van der Waals surface area contributed by atoms with Gasteiger partial charge in [0.05, 0.1) is 0 Å². The van der Waals surface area contributed by atoms with E-state index in [-0.39, 0.29) is 30.6 Å². The minimum atomic E-state index is 0. The Balaban J connectivity index is 0.00000338. The maximum atomic E-state index is 9.22. The molecular weight excluding hydrogens is 437 g/mol. The van der Waals surface area contributed by atoms with Gasteiger partial charge in [0.2, 0.25) is 0 Å². The van der Waals surface area contributed by atoms with E-state index in [1.165, 1.54) is 18.4 Å². The van der Waals surface area contributed by atoms with Crippen molar-refractivity contribution in [1.29, 1.82) is 0 Å². The Labute approximate surface area is 176 Å². The van der Waals surface area contributed by atoms with Gasteiger partial charge in [-0.25, -0.2) is 0 Å². The van der Waals surface area contributed by atoms with Crippen LogP contribution in [0.5, 0.6) is 0 Å². The van der Waals surface area contributed by atoms with E-state index in [2.05, 4.69) is 54.8 Å². The van der Waals surface area contributed by atoms with Gasteiger partial charge >= 0.3 is 0 Å². The van der Waals surface area contributed by atoms with Gasteiger partial charge in [-0.05, 0) is 55.9 Å². The first-order chi connectivity index (χ1) is 12.2. The molecule has 0 heterocycles. The number of halogens is 1. The molecule has 0 radical (unpaired) electrons. The lowest BCUT2D eigenvalue weighted by Gasteiger charge is -2.19. The maximum absolute atomic E-state index is 9.22. The summed E-state index contributed by atoms with van der Waals surface area (Å²) in [7, 11) is 0. The van der Waals surface area contributed by atoms with Gasteiger partial charge in [0, 0.05) is 26.2 Å². The molecule has 1 saturated carbocycles. The topological polar surface area (TPSA) is 56.6 Å². The molecule has 0 bridgehead atoms. The summed E-state index contributed by atoms with van der Waals surface area (Å²) in [5.41, 5.74) is 1.77. The highest BCUT2D eigenvalue weighted by atomic mass is 127. The zero-order valence-electron chi connectivity index (χ0n) is 16.3. The van der Waals surface area contributed by atoms with Crippen LogP contribution in [0.15, 0.2) is 35.3 Å². The predicted octanol–water partition coefficient (Wildman–Crippen LogP) is 3.98. The number of aliphatic imine (C=N–C) groups is 1. The molecule has 1 fully saturated rings. The van der Waals surface area contributed by atoms with Crippen molar-refractivity contribution in [3.63, 3.8) is 0 Å². The normalized spacial score (nSPS) is 16.5. The molecule has 0 aliphatic heterocycles. The van der Waals surface area contributed by atoms with Gasteiger partial charge in [-0.3, -0.25) is 4.99 Å². The van der Waals surface area contributed by atoms with Crippen molar-refractivity contribution in [2.45, 2.75) is 52.4 Å². The Morgan fingerprint density at radius 2 is 1.88 bits per heavy atom. The summed E-state index contributed by atoms with van der Waals surface area (Å²) in [4.78, 5) is 4.87. The summed E-state index contributed by atoms with van der Waals surface area (Å²) in [6, 6.07) is 10.8. The Morgan fingerprint density at radius 3 is 2.46 bits per heavy atom. The molecule has 1 aliphatic carbocycles. The van der Waals surface area contributed by atoms with E-state index in [0.717, 1.165) is 51.3 Å². The van der Waals surface area contributed by atoms with Crippen molar-refractivity contribution in [3.8, 4) is 0 Å². The number of hydrogen-bond acceptors (Lipinski definition) is 2. The molecule has 3 N–H and O–H groups in total. The summed E-state index contributed by atoms with van der Waals surface area (Å²) in [6.45, 7) is 7.20. The molecule has 26 heavy (non-hydrogen) atoms. The van der Waals surface area contributed by atoms with Crippen molar-refractivity contribution in [2.24, 2.45) is 16.3 Å². The average molecular weight is 473 g/mol. The molecule has 1 aromatic rings. The van der Waals surface area contributed by atoms with Crippen LogP contribution in [0.2, 0.25) is 0 Å². The molecule has 0 spiro atoms. The minimum absolute atomic E-state index is 0. The van der Waals surface area contributed by atoms with Crippen LogP contribution in [0.3, 0.4) is 0 Å². The lowest BCUT2D eigenvalue weighted by atomic mass is 9.97. The third kappa shape index (κ3) is 8.25. The van der Waals surface area contributed by atoms with Crippen LogP contribution in [0.25, 0.3) is 0 Å². The molecule has 1 atom stereocenters. The Kier molecular flexibility index (Phi) is 11.2. The number of benzene rings is 1. The molecule has 2 rings (SSSR count). The van der Waals surface area contributed by atoms with Gasteiger partial charge in [0.15, 0.2) is 5.96 Å². The van der Waals surface area contributed by atoms with E-state index in [9.17, 15) is 5.11 Å². The fraction of sp³-hybridized carbons (Fsp3) is 0.667. The second kappa shape index (κ2) is 12.5. The zero-order chi connectivity index (χ0) is 18.0. The number of aliphatic hydroxyl groups is 1. The van der Waals surface area contributed by atoms with E-state index >= 15 is 0 Å². The quantitative estimate of drug-likeness (QED) is 0.259. The van der Waals surface area contributed by atoms with Gasteiger partial charge in [0.1, 0.15) is 0 Å². The van der Waals surface area contributed by atoms with E-state index in [0.29, 0.717) is 11.3 Å². The molecule has 1 aromatic carbocycles. The zero-order valence-corrected chi connectivity index (χ0v) is 18.7. The summed E-state index contributed by atoms with van der Waals surface area (Å²) < 4.78 is 0. The van der Waals surface area contributed by atoms with Crippen LogP contribution in [-0.4, -0.2) is 37.3 Å². The van der Waals surface area contributed by atoms with Crippen LogP contribution >= 0.6 is 24.0 Å². The summed E-state index contributed by atoms with van der Waals surface area (Å²) in [5.74, 6) is 1.43. The number of guanidine groups is 1. The molecule has 1 aliphatic rings. The first-order valence-electron chi connectivity index (χ1n) is 9.88. The molecule has 0 aromatic heterocycles. The third-order valence-corrected chi connectivity index (χ3v) is 5.09. The van der Waals surface area contributed by atoms with Crippen molar-refractivity contribution in [1.82, 2.24) is 10.6 Å². The summed E-state index contributed by atoms with van der Waals surface area (Å²) in [6.07, 6.45) is 6.82. The van der Waals surface area contributed by atoms with Crippen LogP contribution in [0, 0.1) is 11.3 Å². The molecule has 1 unspecified atom stereocenters. The molecule has 5 heteroatoms. The second-order valence-electron chi connectivity index (χ2n) is 7.41. The standard InChI is InChI=1S/C21H35N3O.HI/c1-3-8-19(11-14-25)16-23-20(22-4-2)24-17-21(12-13-21)15-18-9-6-5-7-10-18;/h5-7,9-10,19,25H,3-4,8,11-17H2,1-2H3,(H2,22,23,24);1H. The summed E-state index contributed by atoms with van der Waals surface area (Å²) in [5, 5.41) is 16.1. The molecular formula is C21H36IN3O. The fourth-order valence-electron chi connectivity index (χ4n) is 3.37. The van der Waals surface area contributed by atoms with Gasteiger partial charge in [-0.2, -0.15) is 0 Å². The average Bonchev–Trinajstić information content (AvgIpc) is 3.38. The Hall–Kier alpha value is -0.820. The molecule has 4 nitrogen and oxygen atoms in total. The summed E-state index contributed by atoms with van der Waals surface area (Å²) >= 11 is 0. The highest BCUT2D eigenvalue weighted by Crippen LogP contribution is 2.48. The van der Waals surface area contributed by atoms with Crippen molar-refractivity contribution in [2.75, 3.05) is 26.2 Å². The van der Waals surface area contributed by atoms with Gasteiger partial charge < -0.3 is 15.7 Å². The van der Waals surface area contributed by atoms with Crippen LogP contribution in [-0.2, 0) is 6.42 Å². The second-order valence-corrected chi connectivity index (χ2v) is 7.41.